The molecule has 1 heterocycles. The largest absolute Gasteiger partial charge is 0.464 e. The molecule has 0 radical (unpaired) electrons. The molecule has 1 amide bonds. The third-order valence-corrected chi connectivity index (χ3v) is 4.51. The fourth-order valence-corrected chi connectivity index (χ4v) is 2.99. The van der Waals surface area contributed by atoms with Crippen LogP contribution in [-0.4, -0.2) is 37.1 Å². The summed E-state index contributed by atoms with van der Waals surface area (Å²) in [6, 6.07) is 0. The van der Waals surface area contributed by atoms with Crippen molar-refractivity contribution in [3.63, 3.8) is 0 Å². The Hall–Kier alpha value is -1.89. The summed E-state index contributed by atoms with van der Waals surface area (Å²) in [5.41, 5.74) is 0.249. The smallest absolute Gasteiger partial charge is 0.360 e. The van der Waals surface area contributed by atoms with Crippen LogP contribution in [0.2, 0.25) is 0 Å². The molecule has 1 fully saturated rings. The summed E-state index contributed by atoms with van der Waals surface area (Å²) in [5.74, 6) is -0.502. The highest BCUT2D eigenvalue weighted by Crippen LogP contribution is 2.33. The molecule has 0 bridgehead atoms. The Balaban J connectivity index is 1.72. The number of rotatable bonds is 7. The van der Waals surface area contributed by atoms with Crippen LogP contribution in [0.15, 0.2) is 10.8 Å². The molecule has 0 aliphatic heterocycles. The molecule has 0 spiro atoms. The van der Waals surface area contributed by atoms with Crippen molar-refractivity contribution >= 4 is 11.9 Å². The van der Waals surface area contributed by atoms with Gasteiger partial charge in [0.1, 0.15) is 13.2 Å². The average molecular weight is 338 g/mol. The molecular formula is C17H26N2O5. The number of hydrogen-bond acceptors (Lipinski definition) is 6. The van der Waals surface area contributed by atoms with Gasteiger partial charge in [-0.3, -0.25) is 4.79 Å². The van der Waals surface area contributed by atoms with Gasteiger partial charge in [-0.1, -0.05) is 32.6 Å². The summed E-state index contributed by atoms with van der Waals surface area (Å²) < 4.78 is 15.0. The molecule has 1 aliphatic rings. The molecular weight excluding hydrogens is 312 g/mol. The molecule has 24 heavy (non-hydrogen) atoms. The second-order valence-electron chi connectivity index (χ2n) is 6.61. The van der Waals surface area contributed by atoms with E-state index in [1.165, 1.54) is 32.8 Å². The molecule has 1 saturated carbocycles. The lowest BCUT2D eigenvalue weighted by Crippen LogP contribution is -2.37. The molecule has 0 unspecified atom stereocenters. The zero-order chi connectivity index (χ0) is 17.4. The lowest BCUT2D eigenvalue weighted by molar-refractivity contribution is -0.126. The number of esters is 1. The van der Waals surface area contributed by atoms with Crippen molar-refractivity contribution in [1.82, 2.24) is 10.3 Å². The van der Waals surface area contributed by atoms with Gasteiger partial charge in [0, 0.05) is 6.54 Å². The maximum absolute atomic E-state index is 11.9. The Kier molecular flexibility index (Phi) is 6.78. The van der Waals surface area contributed by atoms with Gasteiger partial charge >= 0.3 is 5.97 Å². The van der Waals surface area contributed by atoms with Crippen LogP contribution in [0.3, 0.4) is 0 Å². The number of hydrogen-bond donors (Lipinski definition) is 1. The fraction of sp³-hybridized carbons (Fsp3) is 0.706. The third-order valence-electron chi connectivity index (χ3n) is 4.51. The van der Waals surface area contributed by atoms with Crippen LogP contribution in [0.5, 0.6) is 0 Å². The van der Waals surface area contributed by atoms with Crippen LogP contribution in [-0.2, 0) is 20.9 Å². The summed E-state index contributed by atoms with van der Waals surface area (Å²) in [4.78, 5) is 27.2. The lowest BCUT2D eigenvalue weighted by Gasteiger charge is -2.28. The second kappa shape index (κ2) is 8.82. The molecule has 1 aromatic rings. The highest BCUT2D eigenvalue weighted by atomic mass is 16.5. The SMILES string of the molecule is COC(=O)c1ncoc1COCC(=O)NCC1(C)CCCCCC1. The van der Waals surface area contributed by atoms with E-state index in [1.807, 2.05) is 0 Å². The van der Waals surface area contributed by atoms with Crippen LogP contribution in [0.1, 0.15) is 61.7 Å². The summed E-state index contributed by atoms with van der Waals surface area (Å²) >= 11 is 0. The number of nitrogens with zero attached hydrogens (tertiary/aromatic N) is 1. The van der Waals surface area contributed by atoms with Crippen LogP contribution < -0.4 is 5.32 Å². The predicted octanol–water partition coefficient (Wildman–Crippen LogP) is 2.45. The molecule has 0 saturated heterocycles. The number of ether oxygens (including phenoxy) is 2. The van der Waals surface area contributed by atoms with Crippen molar-refractivity contribution in [2.45, 2.75) is 52.1 Å². The Morgan fingerprint density at radius 1 is 1.29 bits per heavy atom. The second-order valence-corrected chi connectivity index (χ2v) is 6.61. The fourth-order valence-electron chi connectivity index (χ4n) is 2.99. The third kappa shape index (κ3) is 5.33. The van der Waals surface area contributed by atoms with Crippen LogP contribution >= 0.6 is 0 Å². The van der Waals surface area contributed by atoms with Gasteiger partial charge in [0.2, 0.25) is 5.91 Å². The quantitative estimate of drug-likeness (QED) is 0.606. The van der Waals surface area contributed by atoms with E-state index in [0.717, 1.165) is 19.2 Å². The maximum Gasteiger partial charge on any atom is 0.360 e. The molecule has 0 aromatic carbocycles. The van der Waals surface area contributed by atoms with Crippen molar-refractivity contribution in [1.29, 1.82) is 0 Å². The number of carbonyl (C=O) groups is 2. The van der Waals surface area contributed by atoms with Gasteiger partial charge in [0.05, 0.1) is 7.11 Å². The monoisotopic (exact) mass is 338 g/mol. The topological polar surface area (TPSA) is 90.7 Å². The van der Waals surface area contributed by atoms with Crippen LogP contribution in [0, 0.1) is 5.41 Å². The number of nitrogens with one attached hydrogen (secondary N) is 1. The normalized spacial score (nSPS) is 17.1. The Bertz CT molecular complexity index is 547. The van der Waals surface area contributed by atoms with Crippen molar-refractivity contribution < 1.29 is 23.5 Å². The molecule has 7 heteroatoms. The summed E-state index contributed by atoms with van der Waals surface area (Å²) in [6.07, 6.45) is 8.47. The van der Waals surface area contributed by atoms with Crippen molar-refractivity contribution in [2.75, 3.05) is 20.3 Å². The van der Waals surface area contributed by atoms with E-state index in [2.05, 4.69) is 22.0 Å². The zero-order valence-electron chi connectivity index (χ0n) is 14.4. The van der Waals surface area contributed by atoms with E-state index in [-0.39, 0.29) is 36.0 Å². The Morgan fingerprint density at radius 2 is 2.00 bits per heavy atom. The van der Waals surface area contributed by atoms with Crippen LogP contribution in [0.4, 0.5) is 0 Å². The predicted molar refractivity (Wildman–Crippen MR) is 86.3 cm³/mol. The Morgan fingerprint density at radius 3 is 2.67 bits per heavy atom. The van der Waals surface area contributed by atoms with Crippen LogP contribution in [0.25, 0.3) is 0 Å². The lowest BCUT2D eigenvalue weighted by atomic mass is 9.82. The molecule has 1 aliphatic carbocycles. The first-order valence-corrected chi connectivity index (χ1v) is 8.39. The number of amides is 1. The Labute approximate surface area is 142 Å². The van der Waals surface area contributed by atoms with Crippen molar-refractivity contribution in [3.8, 4) is 0 Å². The van der Waals surface area contributed by atoms with Gasteiger partial charge in [-0.2, -0.15) is 0 Å². The minimum absolute atomic E-state index is 0.00484. The number of oxazole rings is 1. The molecule has 134 valence electrons. The van der Waals surface area contributed by atoms with E-state index in [4.69, 9.17) is 9.15 Å². The number of aromatic nitrogens is 1. The van der Waals surface area contributed by atoms with E-state index in [9.17, 15) is 9.59 Å². The van der Waals surface area contributed by atoms with Crippen molar-refractivity contribution in [3.05, 3.63) is 17.8 Å². The van der Waals surface area contributed by atoms with Crippen molar-refractivity contribution in [2.24, 2.45) is 5.41 Å². The molecule has 1 aromatic heterocycles. The highest BCUT2D eigenvalue weighted by molar-refractivity contribution is 5.88. The van der Waals surface area contributed by atoms with E-state index in [1.54, 1.807) is 0 Å². The number of carbonyl (C=O) groups excluding carboxylic acids is 2. The maximum atomic E-state index is 11.9. The minimum atomic E-state index is -0.590. The highest BCUT2D eigenvalue weighted by Gasteiger charge is 2.26. The first kappa shape index (κ1) is 18.4. The first-order valence-electron chi connectivity index (χ1n) is 8.39. The van der Waals surface area contributed by atoms with Gasteiger partial charge in [-0.05, 0) is 18.3 Å². The van der Waals surface area contributed by atoms with Gasteiger partial charge in [-0.15, -0.1) is 0 Å². The first-order chi connectivity index (χ1) is 11.5. The standard InChI is InChI=1S/C17H26N2O5/c1-17(7-5-3-4-6-8-17)11-18-14(20)10-23-9-13-15(16(21)22-2)19-12-24-13/h12H,3-11H2,1-2H3,(H,18,20). The van der Waals surface area contributed by atoms with E-state index in [0.29, 0.717) is 6.54 Å². The van der Waals surface area contributed by atoms with Gasteiger partial charge in [0.25, 0.3) is 0 Å². The average Bonchev–Trinajstić information content (AvgIpc) is 2.93. The molecule has 0 atom stereocenters. The molecule has 1 N–H and O–H groups in total. The van der Waals surface area contributed by atoms with E-state index < -0.39 is 5.97 Å². The van der Waals surface area contributed by atoms with Gasteiger partial charge in [-0.25, -0.2) is 9.78 Å². The summed E-state index contributed by atoms with van der Waals surface area (Å²) in [7, 11) is 1.27. The number of methoxy groups -OCH3 is 1. The minimum Gasteiger partial charge on any atom is -0.464 e. The van der Waals surface area contributed by atoms with Gasteiger partial charge < -0.3 is 19.2 Å². The zero-order valence-corrected chi connectivity index (χ0v) is 14.4. The van der Waals surface area contributed by atoms with E-state index >= 15 is 0 Å². The van der Waals surface area contributed by atoms with Gasteiger partial charge in [0.15, 0.2) is 17.8 Å². The molecule has 2 rings (SSSR count). The molecule has 7 nitrogen and oxygen atoms in total. The summed E-state index contributed by atoms with van der Waals surface area (Å²) in [5, 5.41) is 2.95. The summed E-state index contributed by atoms with van der Waals surface area (Å²) in [6.45, 7) is 2.81.